The minimum Gasteiger partial charge on any atom is -0.372 e. The molecule has 0 unspecified atom stereocenters. The molecule has 134 valence electrons. The Morgan fingerprint density at radius 1 is 1.28 bits per heavy atom. The van der Waals surface area contributed by atoms with Gasteiger partial charge in [-0.3, -0.25) is 5.10 Å². The lowest BCUT2D eigenvalue weighted by atomic mass is 10.2. The molecule has 1 aromatic heterocycles. The molecule has 1 N–H and O–H groups in total. The van der Waals surface area contributed by atoms with E-state index >= 15 is 0 Å². The fourth-order valence-electron chi connectivity index (χ4n) is 3.26. The van der Waals surface area contributed by atoms with E-state index in [0.29, 0.717) is 31.2 Å². The van der Waals surface area contributed by atoms with Crippen LogP contribution in [-0.4, -0.2) is 45.8 Å². The fraction of sp³-hybridized carbons (Fsp3) is 0.529. The molecular formula is C17H22N4O3S. The molecule has 8 heteroatoms. The Balaban J connectivity index is 1.52. The summed E-state index contributed by atoms with van der Waals surface area (Å²) < 4.78 is 33.2. The summed E-state index contributed by atoms with van der Waals surface area (Å²) in [4.78, 5) is 4.36. The maximum atomic E-state index is 12.8. The van der Waals surface area contributed by atoms with E-state index in [2.05, 4.69) is 15.2 Å². The standard InChI is InChI=1S/C17H22N4O3S/c1-12-18-17(20-19-12)16-9-14(24-11-13-5-3-2-4-6-13)10-21(16)25(22,23)15-7-8-15/h2-6,14-16H,7-11H2,1H3,(H,18,19,20)/t14-,16-/m0/s1. The summed E-state index contributed by atoms with van der Waals surface area (Å²) in [5, 5.41) is 6.76. The molecule has 0 spiro atoms. The van der Waals surface area contributed by atoms with Crippen LogP contribution in [0.25, 0.3) is 0 Å². The molecule has 2 atom stereocenters. The number of nitrogens with zero attached hydrogens (tertiary/aromatic N) is 3. The van der Waals surface area contributed by atoms with Crippen LogP contribution in [0.1, 0.15) is 42.5 Å². The number of nitrogens with one attached hydrogen (secondary N) is 1. The maximum Gasteiger partial charge on any atom is 0.217 e. The van der Waals surface area contributed by atoms with E-state index in [0.717, 1.165) is 18.4 Å². The number of rotatable bonds is 6. The first-order chi connectivity index (χ1) is 12.0. The van der Waals surface area contributed by atoms with Crippen LogP contribution in [0.5, 0.6) is 0 Å². The molecule has 1 saturated carbocycles. The Kier molecular flexibility index (Phi) is 4.35. The topological polar surface area (TPSA) is 88.2 Å². The predicted molar refractivity (Wildman–Crippen MR) is 92.1 cm³/mol. The third kappa shape index (κ3) is 3.47. The van der Waals surface area contributed by atoms with Gasteiger partial charge in [-0.1, -0.05) is 30.3 Å². The average molecular weight is 362 g/mol. The van der Waals surface area contributed by atoms with E-state index in [1.807, 2.05) is 37.3 Å². The van der Waals surface area contributed by atoms with Crippen molar-refractivity contribution >= 4 is 10.0 Å². The zero-order chi connectivity index (χ0) is 17.4. The molecule has 1 aliphatic heterocycles. The Morgan fingerprint density at radius 3 is 2.68 bits per heavy atom. The van der Waals surface area contributed by atoms with Crippen LogP contribution in [0, 0.1) is 6.92 Å². The smallest absolute Gasteiger partial charge is 0.217 e. The zero-order valence-electron chi connectivity index (χ0n) is 14.1. The summed E-state index contributed by atoms with van der Waals surface area (Å²) in [6, 6.07) is 9.56. The van der Waals surface area contributed by atoms with E-state index in [-0.39, 0.29) is 17.4 Å². The molecule has 0 radical (unpaired) electrons. The van der Waals surface area contributed by atoms with Crippen LogP contribution in [0.15, 0.2) is 30.3 Å². The van der Waals surface area contributed by atoms with E-state index in [1.54, 1.807) is 4.31 Å². The predicted octanol–water partition coefficient (Wildman–Crippen LogP) is 1.94. The molecule has 1 saturated heterocycles. The molecule has 25 heavy (non-hydrogen) atoms. The Hall–Kier alpha value is -1.77. The van der Waals surface area contributed by atoms with Gasteiger partial charge in [0, 0.05) is 6.54 Å². The molecule has 1 aliphatic carbocycles. The Labute approximate surface area is 147 Å². The zero-order valence-corrected chi connectivity index (χ0v) is 14.9. The van der Waals surface area contributed by atoms with Crippen molar-refractivity contribution in [2.75, 3.05) is 6.54 Å². The van der Waals surface area contributed by atoms with Crippen molar-refractivity contribution in [3.05, 3.63) is 47.5 Å². The van der Waals surface area contributed by atoms with Crippen molar-refractivity contribution in [2.24, 2.45) is 0 Å². The number of H-pyrrole nitrogens is 1. The highest BCUT2D eigenvalue weighted by Crippen LogP contribution is 2.40. The lowest BCUT2D eigenvalue weighted by Gasteiger charge is -2.21. The van der Waals surface area contributed by atoms with Gasteiger partial charge < -0.3 is 4.74 Å². The summed E-state index contributed by atoms with van der Waals surface area (Å²) >= 11 is 0. The van der Waals surface area contributed by atoms with Crippen molar-refractivity contribution in [3.63, 3.8) is 0 Å². The van der Waals surface area contributed by atoms with E-state index < -0.39 is 10.0 Å². The molecule has 4 rings (SSSR count). The number of ether oxygens (including phenoxy) is 1. The SMILES string of the molecule is Cc1nc([C@@H]2C[C@H](OCc3ccccc3)CN2S(=O)(=O)C2CC2)n[nH]1. The first-order valence-corrected chi connectivity index (χ1v) is 10.1. The monoisotopic (exact) mass is 362 g/mol. The van der Waals surface area contributed by atoms with E-state index in [9.17, 15) is 8.42 Å². The van der Waals surface area contributed by atoms with Gasteiger partial charge >= 0.3 is 0 Å². The molecule has 2 aromatic rings. The summed E-state index contributed by atoms with van der Waals surface area (Å²) in [6.07, 6.45) is 1.91. The first kappa shape index (κ1) is 16.7. The molecule has 1 aromatic carbocycles. The summed E-state index contributed by atoms with van der Waals surface area (Å²) in [5.41, 5.74) is 1.08. The number of benzene rings is 1. The van der Waals surface area contributed by atoms with Crippen LogP contribution in [-0.2, 0) is 21.4 Å². The first-order valence-electron chi connectivity index (χ1n) is 8.59. The molecule has 0 bridgehead atoms. The number of sulfonamides is 1. The summed E-state index contributed by atoms with van der Waals surface area (Å²) in [7, 11) is -3.31. The minimum absolute atomic E-state index is 0.155. The Morgan fingerprint density at radius 2 is 2.04 bits per heavy atom. The van der Waals surface area contributed by atoms with Gasteiger partial charge in [0.15, 0.2) is 5.82 Å². The highest BCUT2D eigenvalue weighted by Gasteiger charge is 2.48. The number of hydrogen-bond acceptors (Lipinski definition) is 5. The van der Waals surface area contributed by atoms with E-state index in [1.165, 1.54) is 0 Å². The summed E-state index contributed by atoms with van der Waals surface area (Å²) in [6.45, 7) is 2.65. The van der Waals surface area contributed by atoms with Gasteiger partial charge in [0.25, 0.3) is 0 Å². The highest BCUT2D eigenvalue weighted by molar-refractivity contribution is 7.90. The van der Waals surface area contributed by atoms with Crippen LogP contribution >= 0.6 is 0 Å². The van der Waals surface area contributed by atoms with Gasteiger partial charge in [-0.15, -0.1) is 0 Å². The fourth-order valence-corrected chi connectivity index (χ4v) is 5.28. The molecule has 2 fully saturated rings. The van der Waals surface area contributed by atoms with Crippen molar-refractivity contribution in [3.8, 4) is 0 Å². The average Bonchev–Trinajstić information content (AvgIpc) is 3.25. The molecular weight excluding hydrogens is 340 g/mol. The normalized spacial score (nSPS) is 24.7. The number of aryl methyl sites for hydroxylation is 1. The largest absolute Gasteiger partial charge is 0.372 e. The quantitative estimate of drug-likeness (QED) is 0.848. The maximum absolute atomic E-state index is 12.8. The second kappa shape index (κ2) is 6.51. The number of aromatic amines is 1. The number of hydrogen-bond donors (Lipinski definition) is 1. The lowest BCUT2D eigenvalue weighted by Crippen LogP contribution is -2.35. The minimum atomic E-state index is -3.31. The number of aromatic nitrogens is 3. The van der Waals surface area contributed by atoms with Crippen LogP contribution < -0.4 is 0 Å². The second-order valence-corrected chi connectivity index (χ2v) is 8.93. The molecule has 7 nitrogen and oxygen atoms in total. The molecule has 2 heterocycles. The van der Waals surface area contributed by atoms with Crippen LogP contribution in [0.3, 0.4) is 0 Å². The van der Waals surface area contributed by atoms with Gasteiger partial charge in [0.05, 0.1) is 24.0 Å². The van der Waals surface area contributed by atoms with Gasteiger partial charge in [0.2, 0.25) is 10.0 Å². The molecule has 0 amide bonds. The van der Waals surface area contributed by atoms with Gasteiger partial charge in [-0.25, -0.2) is 13.4 Å². The van der Waals surface area contributed by atoms with E-state index in [4.69, 9.17) is 4.74 Å². The summed E-state index contributed by atoms with van der Waals surface area (Å²) in [5.74, 6) is 1.22. The third-order valence-corrected chi connectivity index (χ3v) is 7.10. The van der Waals surface area contributed by atoms with Crippen molar-refractivity contribution in [1.29, 1.82) is 0 Å². The highest BCUT2D eigenvalue weighted by atomic mass is 32.2. The third-order valence-electron chi connectivity index (χ3n) is 4.73. The lowest BCUT2D eigenvalue weighted by molar-refractivity contribution is 0.0501. The van der Waals surface area contributed by atoms with Gasteiger partial charge in [-0.2, -0.15) is 9.40 Å². The van der Waals surface area contributed by atoms with Crippen molar-refractivity contribution in [1.82, 2.24) is 19.5 Å². The van der Waals surface area contributed by atoms with Crippen LogP contribution in [0.2, 0.25) is 0 Å². The van der Waals surface area contributed by atoms with Gasteiger partial charge in [-0.05, 0) is 31.7 Å². The van der Waals surface area contributed by atoms with Crippen molar-refractivity contribution in [2.45, 2.75) is 50.2 Å². The van der Waals surface area contributed by atoms with Crippen LogP contribution in [0.4, 0.5) is 0 Å². The molecule has 2 aliphatic rings. The van der Waals surface area contributed by atoms with Gasteiger partial charge in [0.1, 0.15) is 5.82 Å². The van der Waals surface area contributed by atoms with Crippen molar-refractivity contribution < 1.29 is 13.2 Å². The Bertz CT molecular complexity index is 833. The second-order valence-electron chi connectivity index (χ2n) is 6.76.